The van der Waals surface area contributed by atoms with E-state index in [1.807, 2.05) is 30.3 Å². The number of esters is 1. The number of benzene rings is 4. The van der Waals surface area contributed by atoms with Crippen LogP contribution in [-0.2, 0) is 11.3 Å². The van der Waals surface area contributed by atoms with Crippen molar-refractivity contribution in [1.29, 1.82) is 0 Å². The van der Waals surface area contributed by atoms with Crippen molar-refractivity contribution in [1.82, 2.24) is 0 Å². The Kier molecular flexibility index (Phi) is 11.5. The van der Waals surface area contributed by atoms with Gasteiger partial charge in [-0.05, 0) is 113 Å². The Bertz CT molecular complexity index is 1730. The number of aliphatic hydroxyl groups is 1. The third-order valence-electron chi connectivity index (χ3n) is 10.2. The third-order valence-corrected chi connectivity index (χ3v) is 10.2. The van der Waals surface area contributed by atoms with Crippen molar-refractivity contribution in [3.63, 3.8) is 0 Å². The molecule has 0 saturated heterocycles. The lowest BCUT2D eigenvalue weighted by Crippen LogP contribution is -2.08. The molecule has 0 spiro atoms. The van der Waals surface area contributed by atoms with Gasteiger partial charge in [0, 0.05) is 11.1 Å². The summed E-state index contributed by atoms with van der Waals surface area (Å²) in [5, 5.41) is 9.47. The molecule has 4 aromatic carbocycles. The van der Waals surface area contributed by atoms with Gasteiger partial charge in [0.05, 0.1) is 33.5 Å². The number of rotatable bonds is 8. The van der Waals surface area contributed by atoms with E-state index < -0.39 is 0 Å². The molecule has 0 aromatic heterocycles. The number of halogens is 2. The Balaban J connectivity index is 0.000000188. The van der Waals surface area contributed by atoms with Crippen LogP contribution in [0, 0.1) is 23.5 Å². The number of aliphatic hydroxyl groups excluding tert-OH is 1. The largest absolute Gasteiger partial charge is 0.497 e. The van der Waals surface area contributed by atoms with Gasteiger partial charge < -0.3 is 19.3 Å². The Morgan fingerprint density at radius 2 is 1.17 bits per heavy atom. The van der Waals surface area contributed by atoms with Gasteiger partial charge in [0.1, 0.15) is 23.1 Å². The van der Waals surface area contributed by atoms with Gasteiger partial charge in [0.15, 0.2) is 0 Å². The van der Waals surface area contributed by atoms with E-state index in [0.717, 1.165) is 53.5 Å². The molecular formula is C41H46F2O5. The Labute approximate surface area is 282 Å². The van der Waals surface area contributed by atoms with Gasteiger partial charge in [-0.1, -0.05) is 63.8 Å². The van der Waals surface area contributed by atoms with Crippen LogP contribution in [0.15, 0.2) is 72.8 Å². The minimum Gasteiger partial charge on any atom is -0.497 e. The molecule has 0 bridgehead atoms. The second kappa shape index (κ2) is 15.8. The number of ether oxygens (including phenoxy) is 3. The monoisotopic (exact) mass is 656 g/mol. The molecule has 5 nitrogen and oxygen atoms in total. The number of carbonyl (C=O) groups excluding carboxylic acids is 1. The first-order valence-corrected chi connectivity index (χ1v) is 16.8. The maximum atomic E-state index is 14.5. The van der Waals surface area contributed by atoms with Gasteiger partial charge in [-0.25, -0.2) is 13.6 Å². The van der Waals surface area contributed by atoms with Crippen molar-refractivity contribution >= 4 is 5.97 Å². The zero-order valence-corrected chi connectivity index (χ0v) is 28.5. The fourth-order valence-corrected chi connectivity index (χ4v) is 7.51. The Morgan fingerprint density at radius 1 is 0.667 bits per heavy atom. The maximum absolute atomic E-state index is 14.5. The van der Waals surface area contributed by atoms with E-state index in [0.29, 0.717) is 51.9 Å². The quantitative estimate of drug-likeness (QED) is 0.191. The molecule has 2 aliphatic rings. The summed E-state index contributed by atoms with van der Waals surface area (Å²) >= 11 is 0. The van der Waals surface area contributed by atoms with Crippen LogP contribution in [0.3, 0.4) is 0 Å². The molecule has 2 fully saturated rings. The molecule has 4 unspecified atom stereocenters. The summed E-state index contributed by atoms with van der Waals surface area (Å²) in [6, 6.07) is 20.8. The van der Waals surface area contributed by atoms with E-state index in [9.17, 15) is 18.7 Å². The lowest BCUT2D eigenvalue weighted by atomic mass is 9.84. The average Bonchev–Trinajstić information content (AvgIpc) is 3.75. The molecule has 2 aliphatic carbocycles. The van der Waals surface area contributed by atoms with Gasteiger partial charge in [-0.3, -0.25) is 0 Å². The first kappa shape index (κ1) is 35.1. The SMILES string of the molecule is COC(=O)c1ccc(-c2cc(OC)ccc2F)c(C2CCCC2C)c1.COc1ccc(F)c(-c2ccc(CO)cc2C2CCCC2C)c1. The minimum absolute atomic E-state index is 0.00890. The summed E-state index contributed by atoms with van der Waals surface area (Å²) in [6.07, 6.45) is 6.86. The molecule has 0 radical (unpaired) electrons. The van der Waals surface area contributed by atoms with Crippen LogP contribution in [0.4, 0.5) is 8.78 Å². The summed E-state index contributed by atoms with van der Waals surface area (Å²) < 4.78 is 44.3. The zero-order valence-electron chi connectivity index (χ0n) is 28.5. The fraction of sp³-hybridized carbons (Fsp3) is 0.390. The van der Waals surface area contributed by atoms with Gasteiger partial charge >= 0.3 is 5.97 Å². The van der Waals surface area contributed by atoms with Gasteiger partial charge in [0.25, 0.3) is 0 Å². The van der Waals surface area contributed by atoms with Crippen LogP contribution in [0.5, 0.6) is 11.5 Å². The van der Waals surface area contributed by atoms with Gasteiger partial charge in [-0.2, -0.15) is 0 Å². The number of carbonyl (C=O) groups is 1. The predicted octanol–water partition coefficient (Wildman–Crippen LogP) is 10.1. The molecule has 4 aromatic rings. The first-order valence-electron chi connectivity index (χ1n) is 16.8. The summed E-state index contributed by atoms with van der Waals surface area (Å²) in [4.78, 5) is 12.0. The Morgan fingerprint density at radius 3 is 1.60 bits per heavy atom. The summed E-state index contributed by atoms with van der Waals surface area (Å²) in [6.45, 7) is 4.48. The second-order valence-electron chi connectivity index (χ2n) is 13.1. The molecule has 7 heteroatoms. The van der Waals surface area contributed by atoms with Crippen molar-refractivity contribution in [2.24, 2.45) is 11.8 Å². The summed E-state index contributed by atoms with van der Waals surface area (Å²) in [5.74, 6) is 2.17. The van der Waals surface area contributed by atoms with E-state index >= 15 is 0 Å². The van der Waals surface area contributed by atoms with Crippen LogP contribution in [0.1, 0.15) is 91.3 Å². The summed E-state index contributed by atoms with van der Waals surface area (Å²) in [7, 11) is 4.53. The van der Waals surface area contributed by atoms with Crippen LogP contribution in [0.2, 0.25) is 0 Å². The molecule has 48 heavy (non-hydrogen) atoms. The van der Waals surface area contributed by atoms with E-state index in [1.54, 1.807) is 44.6 Å². The highest BCUT2D eigenvalue weighted by molar-refractivity contribution is 5.90. The first-order chi connectivity index (χ1) is 23.2. The van der Waals surface area contributed by atoms with E-state index in [1.165, 1.54) is 32.1 Å². The standard InChI is InChI=1S/C21H23FO3.C20H23FO2/c1-13-5-4-6-16(13)18-11-14(21(23)25-3)7-9-17(18)19-12-15(24-2)8-10-20(19)22;1-13-4-3-5-16(13)18-10-14(12-22)6-8-17(18)19-11-15(23-2)7-9-20(19)21/h7-13,16H,4-6H2,1-3H3;6-11,13,16,22H,3-5,12H2,1-2H3. The minimum atomic E-state index is -0.371. The molecule has 254 valence electrons. The van der Waals surface area contributed by atoms with Crippen molar-refractivity contribution in [2.75, 3.05) is 21.3 Å². The van der Waals surface area contributed by atoms with Crippen molar-refractivity contribution < 1.29 is 32.9 Å². The van der Waals surface area contributed by atoms with Crippen LogP contribution < -0.4 is 9.47 Å². The smallest absolute Gasteiger partial charge is 0.337 e. The van der Waals surface area contributed by atoms with Crippen molar-refractivity contribution in [3.8, 4) is 33.8 Å². The number of hydrogen-bond donors (Lipinski definition) is 1. The molecular weight excluding hydrogens is 610 g/mol. The normalized spacial score (nSPS) is 20.2. The average molecular weight is 657 g/mol. The summed E-state index contributed by atoms with van der Waals surface area (Å²) in [5.41, 5.74) is 6.36. The molecule has 0 aliphatic heterocycles. The van der Waals surface area contributed by atoms with E-state index in [4.69, 9.17) is 14.2 Å². The zero-order chi connectivity index (χ0) is 34.4. The highest BCUT2D eigenvalue weighted by Gasteiger charge is 2.30. The molecule has 0 amide bonds. The number of methoxy groups -OCH3 is 3. The van der Waals surface area contributed by atoms with Gasteiger partial charge in [-0.15, -0.1) is 0 Å². The van der Waals surface area contributed by atoms with Crippen molar-refractivity contribution in [2.45, 2.75) is 70.8 Å². The maximum Gasteiger partial charge on any atom is 0.337 e. The Hall–Kier alpha value is -4.23. The topological polar surface area (TPSA) is 65.0 Å². The van der Waals surface area contributed by atoms with E-state index in [-0.39, 0.29) is 24.2 Å². The predicted molar refractivity (Wildman–Crippen MR) is 186 cm³/mol. The van der Waals surface area contributed by atoms with Crippen LogP contribution in [-0.4, -0.2) is 32.4 Å². The van der Waals surface area contributed by atoms with Crippen LogP contribution >= 0.6 is 0 Å². The lowest BCUT2D eigenvalue weighted by Gasteiger charge is -2.21. The number of hydrogen-bond acceptors (Lipinski definition) is 5. The molecule has 0 heterocycles. The van der Waals surface area contributed by atoms with E-state index in [2.05, 4.69) is 13.8 Å². The highest BCUT2D eigenvalue weighted by Crippen LogP contribution is 2.45. The molecule has 4 atom stereocenters. The van der Waals surface area contributed by atoms with Gasteiger partial charge in [0.2, 0.25) is 0 Å². The fourth-order valence-electron chi connectivity index (χ4n) is 7.51. The molecule has 2 saturated carbocycles. The van der Waals surface area contributed by atoms with Crippen LogP contribution in [0.25, 0.3) is 22.3 Å². The highest BCUT2D eigenvalue weighted by atomic mass is 19.1. The molecule has 1 N–H and O–H groups in total. The second-order valence-corrected chi connectivity index (χ2v) is 13.1. The third kappa shape index (κ3) is 7.57. The molecule has 6 rings (SSSR count). The lowest BCUT2D eigenvalue weighted by molar-refractivity contribution is 0.0600. The van der Waals surface area contributed by atoms with Crippen molar-refractivity contribution in [3.05, 3.63) is 107 Å².